The van der Waals surface area contributed by atoms with E-state index in [1.807, 2.05) is 6.92 Å². The van der Waals surface area contributed by atoms with Crippen LogP contribution in [0.3, 0.4) is 0 Å². The van der Waals surface area contributed by atoms with Gasteiger partial charge >= 0.3 is 19.4 Å². The molecule has 36 heavy (non-hydrogen) atoms. The second-order valence-corrected chi connectivity index (χ2v) is 9.88. The molecule has 3 rings (SSSR count). The molecule has 15 heteroatoms. The summed E-state index contributed by atoms with van der Waals surface area (Å²) in [5.41, 5.74) is 9.00. The van der Waals surface area contributed by atoms with Crippen molar-refractivity contribution in [1.82, 2.24) is 14.6 Å². The van der Waals surface area contributed by atoms with Crippen molar-refractivity contribution in [1.29, 1.82) is 0 Å². The molecule has 2 heterocycles. The number of H-pyrrole nitrogens is 1. The lowest BCUT2D eigenvalue weighted by Crippen LogP contribution is -2.36. The Kier molecular flexibility index (Phi) is 8.72. The van der Waals surface area contributed by atoms with Gasteiger partial charge in [0.2, 0.25) is 0 Å². The van der Waals surface area contributed by atoms with E-state index < -0.39 is 49.4 Å². The molecule has 0 aliphatic carbocycles. The van der Waals surface area contributed by atoms with Gasteiger partial charge in [0.25, 0.3) is 5.56 Å². The van der Waals surface area contributed by atoms with Crippen molar-refractivity contribution in [2.75, 3.05) is 13.7 Å². The van der Waals surface area contributed by atoms with Crippen LogP contribution < -0.4 is 20.9 Å². The summed E-state index contributed by atoms with van der Waals surface area (Å²) in [6, 6.07) is 4.84. The fraction of sp³-hybridized carbons (Fsp3) is 0.476. The molecule has 14 nitrogen and oxygen atoms in total. The van der Waals surface area contributed by atoms with E-state index in [9.17, 15) is 18.9 Å². The first-order valence-corrected chi connectivity index (χ1v) is 12.5. The number of carbonyl (C=O) groups excluding carboxylic acids is 1. The second kappa shape index (κ2) is 11.5. The Bertz CT molecular complexity index is 1300. The van der Waals surface area contributed by atoms with E-state index in [2.05, 4.69) is 24.8 Å². The molecule has 0 saturated carbocycles. The van der Waals surface area contributed by atoms with E-state index in [0.29, 0.717) is 0 Å². The Morgan fingerprint density at radius 2 is 2.06 bits per heavy atom. The number of nitrogens with zero attached hydrogens (tertiary/aromatic N) is 4. The number of methoxy groups -OCH3 is 1. The first-order valence-electron chi connectivity index (χ1n) is 10.9. The monoisotopic (exact) mass is 522 g/mol. The van der Waals surface area contributed by atoms with Crippen molar-refractivity contribution in [3.63, 3.8) is 0 Å². The highest BCUT2D eigenvalue weighted by atomic mass is 31.2. The second-order valence-electron chi connectivity index (χ2n) is 8.19. The van der Waals surface area contributed by atoms with Crippen LogP contribution >= 0.6 is 7.75 Å². The maximum Gasteiger partial charge on any atom is 0.459 e. The van der Waals surface area contributed by atoms with Gasteiger partial charge in [-0.15, -0.1) is 0 Å². The van der Waals surface area contributed by atoms with Gasteiger partial charge in [-0.25, -0.2) is 9.36 Å². The predicted molar refractivity (Wildman–Crippen MR) is 127 cm³/mol. The topological polar surface area (TPSA) is 187 Å². The fourth-order valence-electron chi connectivity index (χ4n) is 3.49. The van der Waals surface area contributed by atoms with Gasteiger partial charge in [0.05, 0.1) is 25.9 Å². The SMILES string of the molecule is COC(=O)C(C)NP(=O)(OCC1OC(n2cc(C)c(=O)[nH]c2=O)CC1N=[N+]=[N-])Oc1ccc(C)cc1. The third kappa shape index (κ3) is 6.62. The van der Waals surface area contributed by atoms with Crippen molar-refractivity contribution in [3.8, 4) is 5.75 Å². The first-order chi connectivity index (χ1) is 17.0. The van der Waals surface area contributed by atoms with Gasteiger partial charge in [0.15, 0.2) is 0 Å². The lowest BCUT2D eigenvalue weighted by Gasteiger charge is -2.24. The summed E-state index contributed by atoms with van der Waals surface area (Å²) < 4.78 is 36.5. The Morgan fingerprint density at radius 3 is 2.69 bits per heavy atom. The van der Waals surface area contributed by atoms with Gasteiger partial charge in [-0.3, -0.25) is 23.7 Å². The molecular formula is C21H27N6O8P. The highest BCUT2D eigenvalue weighted by Gasteiger charge is 2.40. The number of nitrogens with one attached hydrogen (secondary N) is 2. The largest absolute Gasteiger partial charge is 0.468 e. The number of aromatic nitrogens is 2. The van der Waals surface area contributed by atoms with Crippen LogP contribution in [-0.4, -0.2) is 47.4 Å². The quantitative estimate of drug-likeness (QED) is 0.155. The number of aryl methyl sites for hydroxylation is 2. The van der Waals surface area contributed by atoms with Crippen LogP contribution in [0.1, 0.15) is 30.7 Å². The Morgan fingerprint density at radius 1 is 1.36 bits per heavy atom. The zero-order valence-corrected chi connectivity index (χ0v) is 21.0. The average Bonchev–Trinajstić information content (AvgIpc) is 3.23. The van der Waals surface area contributed by atoms with E-state index in [4.69, 9.17) is 19.3 Å². The molecule has 2 aromatic rings. The third-order valence-corrected chi connectivity index (χ3v) is 7.07. The van der Waals surface area contributed by atoms with Crippen LogP contribution in [-0.2, 0) is 23.4 Å². The molecule has 1 saturated heterocycles. The number of carbonyl (C=O) groups is 1. The first kappa shape index (κ1) is 27.2. The highest BCUT2D eigenvalue weighted by molar-refractivity contribution is 7.52. The molecule has 5 atom stereocenters. The smallest absolute Gasteiger partial charge is 0.459 e. The number of aromatic amines is 1. The summed E-state index contributed by atoms with van der Waals surface area (Å²) in [6.45, 7) is 4.45. The molecule has 2 N–H and O–H groups in total. The molecular weight excluding hydrogens is 495 g/mol. The van der Waals surface area contributed by atoms with E-state index in [1.165, 1.54) is 31.7 Å². The molecule has 1 aliphatic rings. The maximum absolute atomic E-state index is 13.6. The molecule has 1 fully saturated rings. The minimum atomic E-state index is -4.17. The lowest BCUT2D eigenvalue weighted by atomic mass is 10.1. The van der Waals surface area contributed by atoms with E-state index >= 15 is 0 Å². The summed E-state index contributed by atoms with van der Waals surface area (Å²) in [7, 11) is -2.99. The average molecular weight is 522 g/mol. The third-order valence-electron chi connectivity index (χ3n) is 5.42. The number of ether oxygens (including phenoxy) is 2. The van der Waals surface area contributed by atoms with Crippen molar-refractivity contribution in [2.24, 2.45) is 5.11 Å². The molecule has 0 spiro atoms. The summed E-state index contributed by atoms with van der Waals surface area (Å²) in [5, 5.41) is 6.24. The van der Waals surface area contributed by atoms with Crippen LogP contribution in [0.2, 0.25) is 0 Å². The van der Waals surface area contributed by atoms with Crippen molar-refractivity contribution >= 4 is 13.7 Å². The van der Waals surface area contributed by atoms with Gasteiger partial charge < -0.3 is 14.0 Å². The fourth-order valence-corrected chi connectivity index (χ4v) is 4.99. The number of esters is 1. The summed E-state index contributed by atoms with van der Waals surface area (Å²) in [6.07, 6.45) is -0.363. The minimum Gasteiger partial charge on any atom is -0.468 e. The van der Waals surface area contributed by atoms with Crippen LogP contribution in [0.5, 0.6) is 5.75 Å². The molecule has 1 aliphatic heterocycles. The van der Waals surface area contributed by atoms with Gasteiger partial charge in [-0.2, -0.15) is 5.09 Å². The van der Waals surface area contributed by atoms with Gasteiger partial charge in [0, 0.05) is 23.1 Å². The molecule has 0 amide bonds. The Labute approximate surface area is 205 Å². The molecule has 1 aromatic heterocycles. The number of hydrogen-bond donors (Lipinski definition) is 2. The van der Waals surface area contributed by atoms with Gasteiger partial charge in [-0.1, -0.05) is 22.8 Å². The molecule has 194 valence electrons. The highest BCUT2D eigenvalue weighted by Crippen LogP contribution is 2.46. The van der Waals surface area contributed by atoms with Crippen LogP contribution in [0, 0.1) is 13.8 Å². The molecule has 5 unspecified atom stereocenters. The van der Waals surface area contributed by atoms with Gasteiger partial charge in [-0.05, 0) is 38.4 Å². The standard InChI is InChI=1S/C21H27N6O8P/c1-12-5-7-15(8-6-12)35-36(31,25-14(3)20(29)32-4)33-11-17-16(24-26-22)9-18(34-17)27-10-13(2)19(28)23-21(27)30/h5-8,10,14,16-18H,9,11H2,1-4H3,(H,25,31)(H,23,28,30). The maximum atomic E-state index is 13.6. The molecule has 1 aromatic carbocycles. The summed E-state index contributed by atoms with van der Waals surface area (Å²) >= 11 is 0. The van der Waals surface area contributed by atoms with E-state index in [-0.39, 0.29) is 24.3 Å². The van der Waals surface area contributed by atoms with Crippen molar-refractivity contribution < 1.29 is 27.9 Å². The van der Waals surface area contributed by atoms with Crippen LogP contribution in [0.4, 0.5) is 0 Å². The Hall–Kier alpha value is -3.41. The van der Waals surface area contributed by atoms with E-state index in [1.54, 1.807) is 24.3 Å². The number of benzene rings is 1. The summed E-state index contributed by atoms with van der Waals surface area (Å²) in [5.74, 6) is -0.469. The zero-order chi connectivity index (χ0) is 26.5. The molecule has 0 bridgehead atoms. The zero-order valence-electron chi connectivity index (χ0n) is 20.1. The summed E-state index contributed by atoms with van der Waals surface area (Å²) in [4.78, 5) is 40.9. The van der Waals surface area contributed by atoms with Gasteiger partial charge in [0.1, 0.15) is 18.0 Å². The lowest BCUT2D eigenvalue weighted by molar-refractivity contribution is -0.142. The minimum absolute atomic E-state index is 0.0958. The molecule has 0 radical (unpaired) electrons. The van der Waals surface area contributed by atoms with Crippen LogP contribution in [0.15, 0.2) is 45.2 Å². The number of hydrogen-bond acceptors (Lipinski definition) is 9. The van der Waals surface area contributed by atoms with E-state index in [0.717, 1.165) is 5.56 Å². The van der Waals surface area contributed by atoms with Crippen molar-refractivity contribution in [2.45, 2.75) is 51.6 Å². The van der Waals surface area contributed by atoms with Crippen molar-refractivity contribution in [3.05, 3.63) is 72.9 Å². The number of rotatable bonds is 10. The normalized spacial score (nSPS) is 21.7. The van der Waals surface area contributed by atoms with Crippen LogP contribution in [0.25, 0.3) is 10.4 Å². The predicted octanol–water partition coefficient (Wildman–Crippen LogP) is 2.47. The number of azide groups is 1. The Balaban J connectivity index is 1.82.